The summed E-state index contributed by atoms with van der Waals surface area (Å²) < 4.78 is 0. The molecule has 1 fully saturated rings. The van der Waals surface area contributed by atoms with Gasteiger partial charge in [-0.15, -0.1) is 0 Å². The highest BCUT2D eigenvalue weighted by atomic mass is 16.3. The number of piperazine rings is 1. The van der Waals surface area contributed by atoms with Crippen LogP contribution in [0.5, 0.6) is 11.5 Å². The van der Waals surface area contributed by atoms with Gasteiger partial charge in [0.1, 0.15) is 0 Å². The van der Waals surface area contributed by atoms with Crippen LogP contribution in [0.4, 0.5) is 0 Å². The summed E-state index contributed by atoms with van der Waals surface area (Å²) >= 11 is 0. The maximum atomic E-state index is 12.4. The third-order valence-electron chi connectivity index (χ3n) is 3.76. The molecule has 0 aromatic heterocycles. The second-order valence-corrected chi connectivity index (χ2v) is 6.12. The van der Waals surface area contributed by atoms with Gasteiger partial charge in [0.15, 0.2) is 11.5 Å². The van der Waals surface area contributed by atoms with E-state index in [2.05, 4.69) is 25.7 Å². The van der Waals surface area contributed by atoms with Crippen LogP contribution in [0.1, 0.15) is 31.1 Å². The first-order chi connectivity index (χ1) is 9.30. The van der Waals surface area contributed by atoms with E-state index in [1.165, 1.54) is 12.1 Å². The van der Waals surface area contributed by atoms with Crippen LogP contribution in [0.2, 0.25) is 0 Å². The minimum absolute atomic E-state index is 0.0995. The highest BCUT2D eigenvalue weighted by Crippen LogP contribution is 2.29. The lowest BCUT2D eigenvalue weighted by Gasteiger charge is -2.42. The molecule has 110 valence electrons. The minimum atomic E-state index is -0.337. The Morgan fingerprint density at radius 3 is 2.25 bits per heavy atom. The van der Waals surface area contributed by atoms with Crippen LogP contribution in [-0.4, -0.2) is 57.6 Å². The van der Waals surface area contributed by atoms with Gasteiger partial charge in [-0.3, -0.25) is 9.69 Å². The number of benzene rings is 1. The molecule has 0 atom stereocenters. The number of carbonyl (C=O) groups excluding carboxylic acids is 1. The number of phenols is 2. The molecule has 2 rings (SSSR count). The Hall–Kier alpha value is -1.75. The summed E-state index contributed by atoms with van der Waals surface area (Å²) in [6.07, 6.45) is 0. The van der Waals surface area contributed by atoms with Crippen LogP contribution in [0.15, 0.2) is 18.2 Å². The van der Waals surface area contributed by atoms with Gasteiger partial charge in [-0.05, 0) is 32.9 Å². The molecule has 1 aromatic carbocycles. The molecule has 1 saturated heterocycles. The topological polar surface area (TPSA) is 64.0 Å². The second kappa shape index (κ2) is 5.32. The van der Waals surface area contributed by atoms with Gasteiger partial charge in [-0.25, -0.2) is 0 Å². The van der Waals surface area contributed by atoms with E-state index in [4.69, 9.17) is 0 Å². The average Bonchev–Trinajstić information content (AvgIpc) is 2.40. The number of hydrogen-bond donors (Lipinski definition) is 2. The normalized spacial score (nSPS) is 17.2. The fourth-order valence-corrected chi connectivity index (χ4v) is 2.45. The Morgan fingerprint density at radius 2 is 1.70 bits per heavy atom. The molecule has 1 aromatic rings. The Morgan fingerprint density at radius 1 is 1.10 bits per heavy atom. The molecule has 1 heterocycles. The number of rotatable bonds is 1. The van der Waals surface area contributed by atoms with Crippen LogP contribution >= 0.6 is 0 Å². The van der Waals surface area contributed by atoms with E-state index in [1.54, 1.807) is 11.0 Å². The van der Waals surface area contributed by atoms with Crippen molar-refractivity contribution in [1.29, 1.82) is 0 Å². The standard InChI is InChI=1S/C15H22N2O3/c1-15(2,3)17-9-7-16(8-10-17)14(20)11-5-4-6-12(18)13(11)19/h4-6,18-19H,7-10H2,1-3H3. The van der Waals surface area contributed by atoms with Crippen LogP contribution in [0.25, 0.3) is 0 Å². The first kappa shape index (κ1) is 14.7. The lowest BCUT2D eigenvalue weighted by atomic mass is 10.0. The zero-order valence-electron chi connectivity index (χ0n) is 12.3. The molecule has 1 aliphatic heterocycles. The third kappa shape index (κ3) is 2.88. The van der Waals surface area contributed by atoms with Gasteiger partial charge in [-0.1, -0.05) is 6.07 Å². The van der Waals surface area contributed by atoms with Gasteiger partial charge in [0, 0.05) is 31.7 Å². The van der Waals surface area contributed by atoms with Gasteiger partial charge in [0.05, 0.1) is 5.56 Å². The molecule has 2 N–H and O–H groups in total. The lowest BCUT2D eigenvalue weighted by Crippen LogP contribution is -2.54. The summed E-state index contributed by atoms with van der Waals surface area (Å²) in [6.45, 7) is 9.36. The summed E-state index contributed by atoms with van der Waals surface area (Å²) in [5, 5.41) is 19.2. The van der Waals surface area contributed by atoms with Gasteiger partial charge in [-0.2, -0.15) is 0 Å². The van der Waals surface area contributed by atoms with Crippen LogP contribution in [0.3, 0.4) is 0 Å². The van der Waals surface area contributed by atoms with Crippen molar-refractivity contribution in [2.45, 2.75) is 26.3 Å². The Balaban J connectivity index is 2.07. The summed E-state index contributed by atoms with van der Waals surface area (Å²) in [5.74, 6) is -0.827. The van der Waals surface area contributed by atoms with Crippen LogP contribution < -0.4 is 0 Å². The summed E-state index contributed by atoms with van der Waals surface area (Å²) in [5.41, 5.74) is 0.261. The van der Waals surface area contributed by atoms with Gasteiger partial charge in [0.2, 0.25) is 0 Å². The highest BCUT2D eigenvalue weighted by molar-refractivity contribution is 5.97. The number of para-hydroxylation sites is 1. The van der Waals surface area contributed by atoms with Gasteiger partial charge < -0.3 is 15.1 Å². The number of aromatic hydroxyl groups is 2. The van der Waals surface area contributed by atoms with Crippen molar-refractivity contribution in [3.05, 3.63) is 23.8 Å². The Labute approximate surface area is 119 Å². The molecule has 0 aliphatic carbocycles. The maximum Gasteiger partial charge on any atom is 0.257 e. The zero-order chi connectivity index (χ0) is 14.9. The third-order valence-corrected chi connectivity index (χ3v) is 3.76. The first-order valence-corrected chi connectivity index (χ1v) is 6.86. The van der Waals surface area contributed by atoms with E-state index in [0.29, 0.717) is 13.1 Å². The molecule has 5 nitrogen and oxygen atoms in total. The van der Waals surface area contributed by atoms with Crippen molar-refractivity contribution in [2.75, 3.05) is 26.2 Å². The fourth-order valence-electron chi connectivity index (χ4n) is 2.45. The van der Waals surface area contributed by atoms with E-state index in [0.717, 1.165) is 13.1 Å². The van der Waals surface area contributed by atoms with Crippen molar-refractivity contribution in [3.63, 3.8) is 0 Å². The molecule has 0 radical (unpaired) electrons. The Kier molecular flexibility index (Phi) is 3.90. The monoisotopic (exact) mass is 278 g/mol. The molecule has 1 aliphatic rings. The zero-order valence-corrected chi connectivity index (χ0v) is 12.3. The van der Waals surface area contributed by atoms with Crippen molar-refractivity contribution < 1.29 is 15.0 Å². The molecule has 5 heteroatoms. The molecular weight excluding hydrogens is 256 g/mol. The van der Waals surface area contributed by atoms with E-state index in [1.807, 2.05) is 0 Å². The summed E-state index contributed by atoms with van der Waals surface area (Å²) in [7, 11) is 0. The maximum absolute atomic E-state index is 12.4. The largest absolute Gasteiger partial charge is 0.504 e. The fraction of sp³-hybridized carbons (Fsp3) is 0.533. The first-order valence-electron chi connectivity index (χ1n) is 6.86. The van der Waals surface area contributed by atoms with E-state index in [9.17, 15) is 15.0 Å². The number of phenolic OH excluding ortho intramolecular Hbond substituents is 2. The molecule has 0 bridgehead atoms. The van der Waals surface area contributed by atoms with E-state index >= 15 is 0 Å². The molecule has 0 spiro atoms. The lowest BCUT2D eigenvalue weighted by molar-refractivity contribution is 0.0448. The predicted molar refractivity (Wildman–Crippen MR) is 77.0 cm³/mol. The quantitative estimate of drug-likeness (QED) is 0.767. The van der Waals surface area contributed by atoms with Crippen LogP contribution in [0, 0.1) is 0 Å². The Bertz CT molecular complexity index is 500. The molecule has 0 unspecified atom stereocenters. The molecule has 0 saturated carbocycles. The minimum Gasteiger partial charge on any atom is -0.504 e. The van der Waals surface area contributed by atoms with Crippen molar-refractivity contribution in [1.82, 2.24) is 9.80 Å². The van der Waals surface area contributed by atoms with E-state index < -0.39 is 0 Å². The number of carbonyl (C=O) groups is 1. The number of nitrogens with zero attached hydrogens (tertiary/aromatic N) is 2. The molecule has 20 heavy (non-hydrogen) atoms. The number of amides is 1. The summed E-state index contributed by atoms with van der Waals surface area (Å²) in [6, 6.07) is 4.46. The second-order valence-electron chi connectivity index (χ2n) is 6.12. The SMILES string of the molecule is CC(C)(C)N1CCN(C(=O)c2cccc(O)c2O)CC1. The van der Waals surface area contributed by atoms with Crippen LogP contribution in [-0.2, 0) is 0 Å². The summed E-state index contributed by atoms with van der Waals surface area (Å²) in [4.78, 5) is 16.4. The van der Waals surface area contributed by atoms with Crippen molar-refractivity contribution in [2.24, 2.45) is 0 Å². The van der Waals surface area contributed by atoms with E-state index in [-0.39, 0.29) is 28.5 Å². The predicted octanol–water partition coefficient (Wildman–Crippen LogP) is 1.65. The average molecular weight is 278 g/mol. The smallest absolute Gasteiger partial charge is 0.257 e. The molecule has 1 amide bonds. The highest BCUT2D eigenvalue weighted by Gasteiger charge is 2.29. The van der Waals surface area contributed by atoms with Crippen molar-refractivity contribution in [3.8, 4) is 11.5 Å². The van der Waals surface area contributed by atoms with Crippen molar-refractivity contribution >= 4 is 5.91 Å². The van der Waals surface area contributed by atoms with Gasteiger partial charge >= 0.3 is 0 Å². The number of hydrogen-bond acceptors (Lipinski definition) is 4. The van der Waals surface area contributed by atoms with Gasteiger partial charge in [0.25, 0.3) is 5.91 Å². The molecular formula is C15H22N2O3.